The lowest BCUT2D eigenvalue weighted by molar-refractivity contribution is 0.0690. The second kappa shape index (κ2) is 5.33. The number of carboxylic acid groups (broad SMARTS) is 1. The Balaban J connectivity index is 2.05. The minimum absolute atomic E-state index is 0.179. The molecular weight excluding hydrogens is 254 g/mol. The molecular formula is C12H11NO2S2. The van der Waals surface area contributed by atoms with Crippen LogP contribution in [0.5, 0.6) is 0 Å². The van der Waals surface area contributed by atoms with Gasteiger partial charge in [-0.05, 0) is 19.1 Å². The van der Waals surface area contributed by atoms with Gasteiger partial charge in [-0.25, -0.2) is 9.78 Å². The van der Waals surface area contributed by atoms with Crippen molar-refractivity contribution in [2.24, 2.45) is 0 Å². The number of carboxylic acids is 1. The number of hydrogen-bond donors (Lipinski definition) is 1. The lowest BCUT2D eigenvalue weighted by Crippen LogP contribution is -1.98. The number of aryl methyl sites for hydroxylation is 1. The summed E-state index contributed by atoms with van der Waals surface area (Å²) in [6, 6.07) is 10.0. The van der Waals surface area contributed by atoms with Crippen LogP contribution in [0.3, 0.4) is 0 Å². The maximum Gasteiger partial charge on any atom is 0.355 e. The lowest BCUT2D eigenvalue weighted by Gasteiger charge is -1.97. The van der Waals surface area contributed by atoms with Crippen molar-refractivity contribution in [1.29, 1.82) is 0 Å². The van der Waals surface area contributed by atoms with Crippen molar-refractivity contribution in [3.05, 3.63) is 45.9 Å². The zero-order valence-corrected chi connectivity index (χ0v) is 10.8. The van der Waals surface area contributed by atoms with Gasteiger partial charge in [-0.2, -0.15) is 0 Å². The average molecular weight is 265 g/mol. The van der Waals surface area contributed by atoms with E-state index in [9.17, 15) is 4.79 Å². The molecule has 0 saturated carbocycles. The van der Waals surface area contributed by atoms with Crippen LogP contribution in [-0.2, 0) is 5.75 Å². The molecule has 1 aromatic carbocycles. The Morgan fingerprint density at radius 2 is 2.12 bits per heavy atom. The molecule has 5 heteroatoms. The topological polar surface area (TPSA) is 50.2 Å². The Hall–Kier alpha value is -1.33. The SMILES string of the molecule is Cc1sc(CSc2ccccc2)nc1C(=O)O. The first-order valence-corrected chi connectivity index (χ1v) is 6.84. The number of benzene rings is 1. The van der Waals surface area contributed by atoms with E-state index in [0.29, 0.717) is 5.75 Å². The third kappa shape index (κ3) is 3.08. The van der Waals surface area contributed by atoms with Gasteiger partial charge in [-0.15, -0.1) is 23.1 Å². The van der Waals surface area contributed by atoms with E-state index in [1.165, 1.54) is 11.3 Å². The van der Waals surface area contributed by atoms with Crippen LogP contribution in [0.4, 0.5) is 0 Å². The Labute approximate surface area is 108 Å². The minimum Gasteiger partial charge on any atom is -0.476 e. The average Bonchev–Trinajstić information content (AvgIpc) is 2.69. The van der Waals surface area contributed by atoms with E-state index in [4.69, 9.17) is 5.11 Å². The quantitative estimate of drug-likeness (QED) is 0.860. The fourth-order valence-electron chi connectivity index (χ4n) is 1.37. The van der Waals surface area contributed by atoms with Gasteiger partial charge < -0.3 is 5.11 Å². The van der Waals surface area contributed by atoms with Crippen molar-refractivity contribution in [3.63, 3.8) is 0 Å². The molecule has 2 aromatic rings. The molecule has 0 amide bonds. The van der Waals surface area contributed by atoms with Crippen molar-refractivity contribution in [1.82, 2.24) is 4.98 Å². The predicted molar refractivity (Wildman–Crippen MR) is 69.8 cm³/mol. The van der Waals surface area contributed by atoms with Crippen LogP contribution < -0.4 is 0 Å². The zero-order valence-electron chi connectivity index (χ0n) is 9.21. The first-order valence-electron chi connectivity index (χ1n) is 5.04. The molecule has 2 rings (SSSR count). The molecule has 0 spiro atoms. The first-order chi connectivity index (χ1) is 8.16. The van der Waals surface area contributed by atoms with E-state index in [1.807, 2.05) is 30.3 Å². The Bertz CT molecular complexity index is 523. The highest BCUT2D eigenvalue weighted by molar-refractivity contribution is 7.98. The second-order valence-electron chi connectivity index (χ2n) is 3.42. The molecule has 1 N–H and O–H groups in total. The molecule has 0 aliphatic heterocycles. The van der Waals surface area contributed by atoms with E-state index in [1.54, 1.807) is 18.7 Å². The van der Waals surface area contributed by atoms with Gasteiger partial charge in [0.1, 0.15) is 5.01 Å². The van der Waals surface area contributed by atoms with Crippen molar-refractivity contribution in [2.75, 3.05) is 0 Å². The van der Waals surface area contributed by atoms with Crippen LogP contribution in [0, 0.1) is 6.92 Å². The van der Waals surface area contributed by atoms with Crippen LogP contribution in [0.25, 0.3) is 0 Å². The monoisotopic (exact) mass is 265 g/mol. The van der Waals surface area contributed by atoms with Crippen molar-refractivity contribution in [2.45, 2.75) is 17.6 Å². The van der Waals surface area contributed by atoms with Gasteiger partial charge in [-0.3, -0.25) is 0 Å². The van der Waals surface area contributed by atoms with Gasteiger partial charge in [0, 0.05) is 9.77 Å². The highest BCUT2D eigenvalue weighted by Gasteiger charge is 2.13. The molecule has 0 bridgehead atoms. The highest BCUT2D eigenvalue weighted by atomic mass is 32.2. The normalized spacial score (nSPS) is 10.4. The highest BCUT2D eigenvalue weighted by Crippen LogP contribution is 2.26. The van der Waals surface area contributed by atoms with E-state index >= 15 is 0 Å². The van der Waals surface area contributed by atoms with Gasteiger partial charge in [0.25, 0.3) is 0 Å². The maximum absolute atomic E-state index is 10.8. The zero-order chi connectivity index (χ0) is 12.3. The molecule has 0 radical (unpaired) electrons. The Morgan fingerprint density at radius 1 is 1.41 bits per heavy atom. The summed E-state index contributed by atoms with van der Waals surface area (Å²) in [6.45, 7) is 1.79. The first kappa shape index (κ1) is 12.1. The van der Waals surface area contributed by atoms with Crippen molar-refractivity contribution in [3.8, 4) is 0 Å². The van der Waals surface area contributed by atoms with Crippen molar-refractivity contribution >= 4 is 29.1 Å². The molecule has 0 aliphatic carbocycles. The molecule has 0 unspecified atom stereocenters. The lowest BCUT2D eigenvalue weighted by atomic mass is 10.4. The number of aromatic nitrogens is 1. The molecule has 88 valence electrons. The number of aromatic carboxylic acids is 1. The summed E-state index contributed by atoms with van der Waals surface area (Å²) in [6.07, 6.45) is 0. The van der Waals surface area contributed by atoms with Gasteiger partial charge in [-0.1, -0.05) is 18.2 Å². The van der Waals surface area contributed by atoms with E-state index < -0.39 is 5.97 Å². The fraction of sp³-hybridized carbons (Fsp3) is 0.167. The molecule has 1 aromatic heterocycles. The summed E-state index contributed by atoms with van der Waals surface area (Å²) in [7, 11) is 0. The van der Waals surface area contributed by atoms with Crippen molar-refractivity contribution < 1.29 is 9.90 Å². The fourth-order valence-corrected chi connectivity index (χ4v) is 3.21. The van der Waals surface area contributed by atoms with Gasteiger partial charge in [0.15, 0.2) is 5.69 Å². The molecule has 17 heavy (non-hydrogen) atoms. The molecule has 0 aliphatic rings. The van der Waals surface area contributed by atoms with Crippen LogP contribution in [-0.4, -0.2) is 16.1 Å². The minimum atomic E-state index is -0.949. The molecule has 0 atom stereocenters. The molecule has 1 heterocycles. The Kier molecular flexibility index (Phi) is 3.81. The summed E-state index contributed by atoms with van der Waals surface area (Å²) in [4.78, 5) is 16.9. The summed E-state index contributed by atoms with van der Waals surface area (Å²) in [5, 5.41) is 9.76. The van der Waals surface area contributed by atoms with Crippen LogP contribution in [0.2, 0.25) is 0 Å². The summed E-state index contributed by atoms with van der Waals surface area (Å²) < 4.78 is 0. The number of nitrogens with zero attached hydrogens (tertiary/aromatic N) is 1. The van der Waals surface area contributed by atoms with E-state index in [2.05, 4.69) is 4.98 Å². The summed E-state index contributed by atoms with van der Waals surface area (Å²) in [5.74, 6) is -0.238. The smallest absolute Gasteiger partial charge is 0.355 e. The molecule has 0 saturated heterocycles. The molecule has 0 fully saturated rings. The summed E-state index contributed by atoms with van der Waals surface area (Å²) in [5.41, 5.74) is 0.179. The van der Waals surface area contributed by atoms with Crippen LogP contribution in [0.1, 0.15) is 20.4 Å². The van der Waals surface area contributed by atoms with Gasteiger partial charge >= 0.3 is 5.97 Å². The predicted octanol–water partition coefficient (Wildman–Crippen LogP) is 3.44. The van der Waals surface area contributed by atoms with E-state index in [0.717, 1.165) is 14.8 Å². The standard InChI is InChI=1S/C12H11NO2S2/c1-8-11(12(14)15)13-10(17-8)7-16-9-5-3-2-4-6-9/h2-6H,7H2,1H3,(H,14,15). The molecule has 3 nitrogen and oxygen atoms in total. The second-order valence-corrected chi connectivity index (χ2v) is 5.76. The van der Waals surface area contributed by atoms with Crippen LogP contribution >= 0.6 is 23.1 Å². The third-order valence-electron chi connectivity index (χ3n) is 2.15. The maximum atomic E-state index is 10.8. The Morgan fingerprint density at radius 3 is 2.71 bits per heavy atom. The van der Waals surface area contributed by atoms with E-state index in [-0.39, 0.29) is 5.69 Å². The van der Waals surface area contributed by atoms with Gasteiger partial charge in [0.05, 0.1) is 5.75 Å². The van der Waals surface area contributed by atoms with Crippen LogP contribution in [0.15, 0.2) is 35.2 Å². The van der Waals surface area contributed by atoms with Gasteiger partial charge in [0.2, 0.25) is 0 Å². The number of thioether (sulfide) groups is 1. The number of hydrogen-bond acceptors (Lipinski definition) is 4. The number of carbonyl (C=O) groups is 1. The number of rotatable bonds is 4. The number of thiazole rings is 1. The largest absolute Gasteiger partial charge is 0.476 e. The summed E-state index contributed by atoms with van der Waals surface area (Å²) >= 11 is 3.11. The third-order valence-corrected chi connectivity index (χ3v) is 4.33.